The number of carbonyl (C=O) groups excluding carboxylic acids is 4. The number of nitrogens with one attached hydrogen (secondary N) is 1. The topological polar surface area (TPSA) is 126 Å². The standard InChI is InChI=1S/C28H43NO9/c1-5-8-10-12-25(30)37-23-15-14-21(20-24(23)38-26(31)13-11-9-6-2)19-22(27(32)34-4)29-16-18-36-28(33)35-17-7-3/h14-15,20,22,29H,5-13,16-19H2,1-4H3/t22-/m0/s1. The molecule has 0 aromatic heterocycles. The second-order valence-corrected chi connectivity index (χ2v) is 8.82. The first-order valence-corrected chi connectivity index (χ1v) is 13.5. The van der Waals surface area contributed by atoms with Crippen LogP contribution in [0, 0.1) is 0 Å². The maximum Gasteiger partial charge on any atom is 0.508 e. The van der Waals surface area contributed by atoms with E-state index in [4.69, 9.17) is 23.7 Å². The first-order valence-electron chi connectivity index (χ1n) is 13.5. The minimum Gasteiger partial charge on any atom is -0.468 e. The summed E-state index contributed by atoms with van der Waals surface area (Å²) in [6, 6.07) is 4.08. The van der Waals surface area contributed by atoms with Crippen molar-refractivity contribution in [3.8, 4) is 11.5 Å². The summed E-state index contributed by atoms with van der Waals surface area (Å²) in [5.41, 5.74) is 0.651. The van der Waals surface area contributed by atoms with Crippen molar-refractivity contribution in [1.29, 1.82) is 0 Å². The van der Waals surface area contributed by atoms with Crippen molar-refractivity contribution < 1.29 is 42.9 Å². The van der Waals surface area contributed by atoms with Gasteiger partial charge in [-0.15, -0.1) is 0 Å². The van der Waals surface area contributed by atoms with Gasteiger partial charge in [0.25, 0.3) is 0 Å². The van der Waals surface area contributed by atoms with Crippen LogP contribution in [-0.2, 0) is 35.0 Å². The molecule has 38 heavy (non-hydrogen) atoms. The SMILES string of the molecule is CCCCCC(=O)Oc1ccc(C[C@H](NCCOC(=O)OCCC)C(=O)OC)cc1OC(=O)CCCCC. The minimum absolute atomic E-state index is 0.00356. The Kier molecular flexibility index (Phi) is 17.2. The van der Waals surface area contributed by atoms with Crippen molar-refractivity contribution in [2.45, 2.75) is 91.0 Å². The summed E-state index contributed by atoms with van der Waals surface area (Å²) >= 11 is 0. The molecule has 0 amide bonds. The highest BCUT2D eigenvalue weighted by Gasteiger charge is 2.21. The molecule has 0 aliphatic carbocycles. The van der Waals surface area contributed by atoms with E-state index < -0.39 is 30.1 Å². The highest BCUT2D eigenvalue weighted by Crippen LogP contribution is 2.30. The Hall–Kier alpha value is -3.14. The normalized spacial score (nSPS) is 11.4. The summed E-state index contributed by atoms with van der Waals surface area (Å²) < 4.78 is 25.8. The average molecular weight is 538 g/mol. The zero-order valence-electron chi connectivity index (χ0n) is 23.2. The minimum atomic E-state index is -0.770. The lowest BCUT2D eigenvalue weighted by molar-refractivity contribution is -0.143. The third kappa shape index (κ3) is 14.0. The Morgan fingerprint density at radius 1 is 0.789 bits per heavy atom. The van der Waals surface area contributed by atoms with Gasteiger partial charge in [-0.05, 0) is 43.4 Å². The number of unbranched alkanes of at least 4 members (excludes halogenated alkanes) is 4. The third-order valence-electron chi connectivity index (χ3n) is 5.49. The van der Waals surface area contributed by atoms with Crippen LogP contribution in [0.3, 0.4) is 0 Å². The van der Waals surface area contributed by atoms with Crippen molar-refractivity contribution >= 4 is 24.1 Å². The van der Waals surface area contributed by atoms with Gasteiger partial charge in [0.15, 0.2) is 11.5 Å². The van der Waals surface area contributed by atoms with Crippen LogP contribution in [0.2, 0.25) is 0 Å². The zero-order chi connectivity index (χ0) is 28.2. The Labute approximate surface area is 225 Å². The molecule has 1 aromatic carbocycles. The van der Waals surface area contributed by atoms with Crippen LogP contribution in [0.25, 0.3) is 0 Å². The van der Waals surface area contributed by atoms with Gasteiger partial charge < -0.3 is 29.0 Å². The number of hydrogen-bond donors (Lipinski definition) is 1. The van der Waals surface area contributed by atoms with Crippen LogP contribution in [0.5, 0.6) is 11.5 Å². The summed E-state index contributed by atoms with van der Waals surface area (Å²) in [4.78, 5) is 48.6. The van der Waals surface area contributed by atoms with E-state index in [2.05, 4.69) is 5.32 Å². The molecule has 1 N–H and O–H groups in total. The summed E-state index contributed by atoms with van der Waals surface area (Å²) in [6.07, 6.45) is 5.80. The van der Waals surface area contributed by atoms with Crippen LogP contribution >= 0.6 is 0 Å². The molecule has 0 unspecified atom stereocenters. The first-order chi connectivity index (χ1) is 18.3. The molecule has 10 nitrogen and oxygen atoms in total. The van der Waals surface area contributed by atoms with Crippen LogP contribution in [-0.4, -0.2) is 57.0 Å². The van der Waals surface area contributed by atoms with Gasteiger partial charge in [0.2, 0.25) is 0 Å². The fraction of sp³-hybridized carbons (Fsp3) is 0.643. The molecular formula is C28H43NO9. The molecule has 0 saturated carbocycles. The predicted molar refractivity (Wildman–Crippen MR) is 141 cm³/mol. The van der Waals surface area contributed by atoms with Gasteiger partial charge in [-0.2, -0.15) is 0 Å². The molecule has 10 heteroatoms. The highest BCUT2D eigenvalue weighted by atomic mass is 16.7. The molecule has 1 atom stereocenters. The zero-order valence-corrected chi connectivity index (χ0v) is 23.2. The van der Waals surface area contributed by atoms with E-state index >= 15 is 0 Å². The molecule has 1 aromatic rings. The lowest BCUT2D eigenvalue weighted by Crippen LogP contribution is -2.41. The Balaban J connectivity index is 2.93. The molecule has 0 saturated heterocycles. The van der Waals surface area contributed by atoms with Gasteiger partial charge in [0.1, 0.15) is 12.6 Å². The first kappa shape index (κ1) is 32.9. The van der Waals surface area contributed by atoms with E-state index in [1.807, 2.05) is 20.8 Å². The number of benzene rings is 1. The summed E-state index contributed by atoms with van der Waals surface area (Å²) in [5, 5.41) is 3.00. The third-order valence-corrected chi connectivity index (χ3v) is 5.49. The van der Waals surface area contributed by atoms with Crippen molar-refractivity contribution in [3.05, 3.63) is 23.8 Å². The number of esters is 3. The van der Waals surface area contributed by atoms with Crippen LogP contribution in [0.1, 0.15) is 84.1 Å². The van der Waals surface area contributed by atoms with Gasteiger partial charge in [0.05, 0.1) is 13.7 Å². The fourth-order valence-electron chi connectivity index (χ4n) is 3.44. The van der Waals surface area contributed by atoms with Crippen LogP contribution < -0.4 is 14.8 Å². The van der Waals surface area contributed by atoms with Gasteiger partial charge in [-0.25, -0.2) is 4.79 Å². The monoisotopic (exact) mass is 537 g/mol. The number of carbonyl (C=O) groups is 4. The van der Waals surface area contributed by atoms with E-state index in [0.29, 0.717) is 24.8 Å². The summed E-state index contributed by atoms with van der Waals surface area (Å²) in [5.74, 6) is -1.06. The summed E-state index contributed by atoms with van der Waals surface area (Å²) in [7, 11) is 1.28. The van der Waals surface area contributed by atoms with Crippen LogP contribution in [0.15, 0.2) is 18.2 Å². The smallest absolute Gasteiger partial charge is 0.468 e. The van der Waals surface area contributed by atoms with E-state index in [0.717, 1.165) is 25.7 Å². The molecule has 0 fully saturated rings. The van der Waals surface area contributed by atoms with Crippen molar-refractivity contribution in [2.24, 2.45) is 0 Å². The van der Waals surface area contributed by atoms with Gasteiger partial charge in [-0.3, -0.25) is 14.4 Å². The lowest BCUT2D eigenvalue weighted by atomic mass is 10.0. The quantitative estimate of drug-likeness (QED) is 0.148. The highest BCUT2D eigenvalue weighted by molar-refractivity contribution is 5.77. The molecule has 0 spiro atoms. The Morgan fingerprint density at radius 3 is 1.97 bits per heavy atom. The van der Waals surface area contributed by atoms with Gasteiger partial charge in [-0.1, -0.05) is 52.5 Å². The predicted octanol–water partition coefficient (Wildman–Crippen LogP) is 4.89. The molecule has 0 heterocycles. The van der Waals surface area contributed by atoms with Crippen molar-refractivity contribution in [1.82, 2.24) is 5.32 Å². The second-order valence-electron chi connectivity index (χ2n) is 8.82. The Morgan fingerprint density at radius 2 is 1.39 bits per heavy atom. The van der Waals surface area contributed by atoms with Gasteiger partial charge >= 0.3 is 24.1 Å². The molecular weight excluding hydrogens is 494 g/mol. The average Bonchev–Trinajstić information content (AvgIpc) is 2.90. The summed E-state index contributed by atoms with van der Waals surface area (Å²) in [6.45, 7) is 6.43. The fourth-order valence-corrected chi connectivity index (χ4v) is 3.44. The van der Waals surface area contributed by atoms with E-state index in [1.165, 1.54) is 7.11 Å². The van der Waals surface area contributed by atoms with E-state index in [9.17, 15) is 19.2 Å². The number of rotatable bonds is 19. The second kappa shape index (κ2) is 19.9. The number of methoxy groups -OCH3 is 1. The maximum absolute atomic E-state index is 12.4. The lowest BCUT2D eigenvalue weighted by Gasteiger charge is -2.18. The molecule has 0 radical (unpaired) electrons. The van der Waals surface area contributed by atoms with Crippen LogP contribution in [0.4, 0.5) is 4.79 Å². The van der Waals surface area contributed by atoms with Crippen molar-refractivity contribution in [2.75, 3.05) is 26.9 Å². The molecule has 1 rings (SSSR count). The molecule has 0 aliphatic rings. The molecule has 0 aliphatic heterocycles. The maximum atomic E-state index is 12.4. The van der Waals surface area contributed by atoms with E-state index in [-0.39, 0.29) is 50.5 Å². The number of ether oxygens (including phenoxy) is 5. The van der Waals surface area contributed by atoms with Crippen molar-refractivity contribution in [3.63, 3.8) is 0 Å². The molecule has 0 bridgehead atoms. The number of hydrogen-bond acceptors (Lipinski definition) is 10. The Bertz CT molecular complexity index is 872. The largest absolute Gasteiger partial charge is 0.508 e. The van der Waals surface area contributed by atoms with E-state index in [1.54, 1.807) is 18.2 Å². The van der Waals surface area contributed by atoms with Gasteiger partial charge in [0, 0.05) is 19.4 Å². The molecule has 214 valence electrons.